The number of nitrogens with one attached hydrogen (secondary N) is 1. The minimum Gasteiger partial charge on any atom is -0.324 e. The molecule has 1 aliphatic rings. The summed E-state index contributed by atoms with van der Waals surface area (Å²) >= 11 is 1.62. The molecule has 0 fully saturated rings. The minimum atomic E-state index is -0.222. The maximum absolute atomic E-state index is 13.4. The van der Waals surface area contributed by atoms with Crippen LogP contribution in [0.2, 0.25) is 0 Å². The van der Waals surface area contributed by atoms with E-state index in [1.807, 2.05) is 62.6 Å². The summed E-state index contributed by atoms with van der Waals surface area (Å²) in [6.07, 6.45) is 2.64. The third-order valence-electron chi connectivity index (χ3n) is 5.85. The van der Waals surface area contributed by atoms with Gasteiger partial charge in [0.1, 0.15) is 12.4 Å². The highest BCUT2D eigenvalue weighted by molar-refractivity contribution is 7.98. The fourth-order valence-electron chi connectivity index (χ4n) is 4.21. The van der Waals surface area contributed by atoms with E-state index in [0.717, 1.165) is 34.9 Å². The number of carbonyl (C=O) groups is 1. The molecule has 33 heavy (non-hydrogen) atoms. The molecule has 6 nitrogen and oxygen atoms in total. The Morgan fingerprint density at radius 1 is 1.15 bits per heavy atom. The van der Waals surface area contributed by atoms with E-state index in [-0.39, 0.29) is 23.9 Å². The molecule has 0 saturated heterocycles. The van der Waals surface area contributed by atoms with Gasteiger partial charge in [-0.1, -0.05) is 50.2 Å². The van der Waals surface area contributed by atoms with E-state index in [4.69, 9.17) is 4.98 Å². The van der Waals surface area contributed by atoms with Gasteiger partial charge in [-0.05, 0) is 36.4 Å². The fourth-order valence-corrected chi connectivity index (χ4v) is 4.67. The quantitative estimate of drug-likeness (QED) is 0.531. The van der Waals surface area contributed by atoms with Crippen molar-refractivity contribution in [3.05, 3.63) is 87.6 Å². The number of hydrogen-bond donors (Lipinski definition) is 1. The Bertz CT molecular complexity index is 1190. The monoisotopic (exact) mass is 462 g/mol. The largest absolute Gasteiger partial charge is 0.324 e. The first-order chi connectivity index (χ1) is 15.9. The molecule has 1 aromatic heterocycles. The van der Waals surface area contributed by atoms with Gasteiger partial charge in [0, 0.05) is 41.7 Å². The number of thioether (sulfide) groups is 1. The number of hydrogen-bond acceptors (Lipinski definition) is 5. The number of anilines is 1. The molecule has 172 valence electrons. The van der Waals surface area contributed by atoms with Crippen molar-refractivity contribution in [2.75, 3.05) is 18.1 Å². The lowest BCUT2D eigenvalue weighted by atomic mass is 10.0. The van der Waals surface area contributed by atoms with Crippen LogP contribution in [0.1, 0.15) is 42.4 Å². The van der Waals surface area contributed by atoms with Gasteiger partial charge in [-0.2, -0.15) is 0 Å². The topological polar surface area (TPSA) is 67.2 Å². The van der Waals surface area contributed by atoms with Crippen molar-refractivity contribution >= 4 is 23.4 Å². The smallest absolute Gasteiger partial charge is 0.257 e. The first-order valence-corrected chi connectivity index (χ1v) is 12.5. The average molecular weight is 463 g/mol. The molecule has 0 aliphatic carbocycles. The first kappa shape index (κ1) is 23.3. The Hall–Kier alpha value is -2.90. The molecule has 0 unspecified atom stereocenters. The van der Waals surface area contributed by atoms with Crippen LogP contribution in [0.3, 0.4) is 0 Å². The molecule has 1 amide bonds. The third kappa shape index (κ3) is 5.54. The average Bonchev–Trinajstić information content (AvgIpc) is 2.81. The highest BCUT2D eigenvalue weighted by atomic mass is 32.2. The van der Waals surface area contributed by atoms with Crippen molar-refractivity contribution in [2.45, 2.75) is 50.7 Å². The van der Waals surface area contributed by atoms with Crippen LogP contribution >= 0.6 is 11.8 Å². The highest BCUT2D eigenvalue weighted by Crippen LogP contribution is 2.21. The molecule has 0 bridgehead atoms. The molecule has 7 heteroatoms. The van der Waals surface area contributed by atoms with Crippen molar-refractivity contribution in [3.63, 3.8) is 0 Å². The van der Waals surface area contributed by atoms with Gasteiger partial charge in [0.2, 0.25) is 5.91 Å². The number of rotatable bonds is 7. The summed E-state index contributed by atoms with van der Waals surface area (Å²) in [5, 5.41) is 2.92. The standard InChI is InChI=1S/C26H30N4O2S/c1-18(2)25-28-23-16-29(15-19-8-5-4-6-9-19)13-12-22(23)26(32)30(25)17-24(31)27-20-10-7-11-21(14-20)33-3/h4-11,14,18H,12-13,15-17H2,1-3H3,(H,27,31). The molecule has 2 aromatic carbocycles. The molecule has 3 aromatic rings. The molecule has 0 atom stereocenters. The van der Waals surface area contributed by atoms with Crippen LogP contribution in [-0.2, 0) is 30.8 Å². The van der Waals surface area contributed by atoms with Crippen LogP contribution in [0.15, 0.2) is 64.3 Å². The van der Waals surface area contributed by atoms with Crippen molar-refractivity contribution < 1.29 is 4.79 Å². The summed E-state index contributed by atoms with van der Waals surface area (Å²) in [5.41, 5.74) is 3.47. The van der Waals surface area contributed by atoms with Crippen LogP contribution in [0.5, 0.6) is 0 Å². The fraction of sp³-hybridized carbons (Fsp3) is 0.346. The van der Waals surface area contributed by atoms with Crippen LogP contribution in [0.25, 0.3) is 0 Å². The zero-order chi connectivity index (χ0) is 23.4. The van der Waals surface area contributed by atoms with Crippen LogP contribution in [0.4, 0.5) is 5.69 Å². The second-order valence-corrected chi connectivity index (χ2v) is 9.55. The van der Waals surface area contributed by atoms with Gasteiger partial charge in [-0.25, -0.2) is 4.98 Å². The zero-order valence-electron chi connectivity index (χ0n) is 19.4. The van der Waals surface area contributed by atoms with Gasteiger partial charge in [-0.3, -0.25) is 19.1 Å². The molecule has 1 aliphatic heterocycles. The van der Waals surface area contributed by atoms with Crippen LogP contribution in [0, 0.1) is 0 Å². The summed E-state index contributed by atoms with van der Waals surface area (Å²) < 4.78 is 1.56. The Kier molecular flexibility index (Phi) is 7.30. The summed E-state index contributed by atoms with van der Waals surface area (Å²) in [4.78, 5) is 34.5. The maximum Gasteiger partial charge on any atom is 0.257 e. The second kappa shape index (κ2) is 10.4. The Balaban J connectivity index is 1.55. The van der Waals surface area contributed by atoms with Crippen LogP contribution < -0.4 is 10.9 Å². The van der Waals surface area contributed by atoms with Gasteiger partial charge < -0.3 is 5.32 Å². The molecule has 0 radical (unpaired) electrons. The SMILES string of the molecule is CSc1cccc(NC(=O)Cn2c(C(C)C)nc3c(c2=O)CCN(Cc2ccccc2)C3)c1. The number of carbonyl (C=O) groups excluding carboxylic acids is 1. The zero-order valence-corrected chi connectivity index (χ0v) is 20.2. The number of amides is 1. The van der Waals surface area contributed by atoms with E-state index in [1.54, 1.807) is 16.3 Å². The Morgan fingerprint density at radius 2 is 1.94 bits per heavy atom. The summed E-state index contributed by atoms with van der Waals surface area (Å²) in [6, 6.07) is 18.0. The number of fused-ring (bicyclic) bond motifs is 1. The van der Waals surface area contributed by atoms with Crippen molar-refractivity contribution in [1.82, 2.24) is 14.5 Å². The van der Waals surface area contributed by atoms with Gasteiger partial charge in [-0.15, -0.1) is 11.8 Å². The predicted molar refractivity (Wildman–Crippen MR) is 134 cm³/mol. The Morgan fingerprint density at radius 3 is 2.67 bits per heavy atom. The van der Waals surface area contributed by atoms with Gasteiger partial charge in [0.25, 0.3) is 5.56 Å². The predicted octanol–water partition coefficient (Wildman–Crippen LogP) is 4.29. The lowest BCUT2D eigenvalue weighted by Crippen LogP contribution is -2.40. The van der Waals surface area contributed by atoms with Crippen molar-refractivity contribution in [2.24, 2.45) is 0 Å². The summed E-state index contributed by atoms with van der Waals surface area (Å²) in [5.74, 6) is 0.467. The molecule has 0 spiro atoms. The van der Waals surface area contributed by atoms with E-state index in [0.29, 0.717) is 18.8 Å². The van der Waals surface area contributed by atoms with Crippen LogP contribution in [-0.4, -0.2) is 33.2 Å². The minimum absolute atomic E-state index is 0.0279. The molecule has 2 heterocycles. The van der Waals surface area contributed by atoms with Crippen molar-refractivity contribution in [1.29, 1.82) is 0 Å². The van der Waals surface area contributed by atoms with Gasteiger partial charge in [0.05, 0.1) is 5.69 Å². The van der Waals surface area contributed by atoms with Gasteiger partial charge in [0.15, 0.2) is 0 Å². The normalized spacial score (nSPS) is 13.7. The van der Waals surface area contributed by atoms with E-state index >= 15 is 0 Å². The van der Waals surface area contributed by atoms with Gasteiger partial charge >= 0.3 is 0 Å². The molecule has 1 N–H and O–H groups in total. The molecular formula is C26H30N4O2S. The Labute approximate surface area is 199 Å². The lowest BCUT2D eigenvalue weighted by Gasteiger charge is -2.29. The van der Waals surface area contributed by atoms with E-state index in [2.05, 4.69) is 22.3 Å². The lowest BCUT2D eigenvalue weighted by molar-refractivity contribution is -0.116. The molecular weight excluding hydrogens is 432 g/mol. The number of nitrogens with zero attached hydrogens (tertiary/aromatic N) is 3. The van der Waals surface area contributed by atoms with E-state index in [1.165, 1.54) is 5.56 Å². The van der Waals surface area contributed by atoms with E-state index < -0.39 is 0 Å². The number of aromatic nitrogens is 2. The molecule has 0 saturated carbocycles. The molecule has 4 rings (SSSR count). The summed E-state index contributed by atoms with van der Waals surface area (Å²) in [7, 11) is 0. The maximum atomic E-state index is 13.4. The summed E-state index contributed by atoms with van der Waals surface area (Å²) in [6.45, 7) is 6.26. The number of benzene rings is 2. The van der Waals surface area contributed by atoms with Crippen molar-refractivity contribution in [3.8, 4) is 0 Å². The highest BCUT2D eigenvalue weighted by Gasteiger charge is 2.25. The second-order valence-electron chi connectivity index (χ2n) is 8.67. The first-order valence-electron chi connectivity index (χ1n) is 11.3. The third-order valence-corrected chi connectivity index (χ3v) is 6.58. The van der Waals surface area contributed by atoms with E-state index in [9.17, 15) is 9.59 Å².